The third-order valence-corrected chi connectivity index (χ3v) is 3.54. The Morgan fingerprint density at radius 3 is 2.56 bits per heavy atom. The molecule has 1 aromatic carbocycles. The number of ether oxygens (including phenoxy) is 1. The van der Waals surface area contributed by atoms with Gasteiger partial charge < -0.3 is 10.5 Å². The van der Waals surface area contributed by atoms with E-state index in [1.54, 1.807) is 0 Å². The van der Waals surface area contributed by atoms with Crippen LogP contribution in [0.25, 0.3) is 0 Å². The number of nitrogen functional groups attached to an aromatic ring is 1. The lowest BCUT2D eigenvalue weighted by molar-refractivity contribution is 0.136. The number of para-hydroxylation sites is 1. The van der Waals surface area contributed by atoms with Crippen LogP contribution in [0.1, 0.15) is 32.6 Å². The zero-order chi connectivity index (χ0) is 11.5. The van der Waals surface area contributed by atoms with E-state index in [-0.39, 0.29) is 6.10 Å². The largest absolute Gasteiger partial charge is 0.487 e. The number of nitrogens with two attached hydrogens (primary N) is 1. The Bertz CT molecular complexity index is 339. The quantitative estimate of drug-likeness (QED) is 0.795. The number of anilines is 1. The van der Waals surface area contributed by atoms with Gasteiger partial charge >= 0.3 is 0 Å². The van der Waals surface area contributed by atoms with Gasteiger partial charge in [0.1, 0.15) is 0 Å². The van der Waals surface area contributed by atoms with Crippen molar-refractivity contribution in [3.63, 3.8) is 0 Å². The number of benzene rings is 1. The third kappa shape index (κ3) is 2.62. The van der Waals surface area contributed by atoms with E-state index in [2.05, 4.69) is 6.92 Å². The zero-order valence-electron chi connectivity index (χ0n) is 9.58. The van der Waals surface area contributed by atoms with Crippen molar-refractivity contribution < 1.29 is 4.74 Å². The van der Waals surface area contributed by atoms with E-state index in [1.165, 1.54) is 12.8 Å². The minimum Gasteiger partial charge on any atom is -0.487 e. The molecular formula is C13H18ClNO. The van der Waals surface area contributed by atoms with Crippen LogP contribution in [0.15, 0.2) is 18.2 Å². The van der Waals surface area contributed by atoms with E-state index in [0.717, 1.165) is 18.8 Å². The van der Waals surface area contributed by atoms with Gasteiger partial charge in [-0.05, 0) is 43.7 Å². The van der Waals surface area contributed by atoms with Crippen LogP contribution in [0.3, 0.4) is 0 Å². The lowest BCUT2D eigenvalue weighted by Crippen LogP contribution is -2.23. The highest BCUT2D eigenvalue weighted by atomic mass is 35.5. The summed E-state index contributed by atoms with van der Waals surface area (Å²) in [6, 6.07) is 5.48. The Morgan fingerprint density at radius 1 is 1.25 bits per heavy atom. The molecule has 16 heavy (non-hydrogen) atoms. The molecule has 0 atom stereocenters. The third-order valence-electron chi connectivity index (χ3n) is 3.24. The summed E-state index contributed by atoms with van der Waals surface area (Å²) in [5, 5.41) is 0.610. The molecule has 0 radical (unpaired) electrons. The molecular weight excluding hydrogens is 222 g/mol. The smallest absolute Gasteiger partial charge is 0.161 e. The molecule has 1 aliphatic carbocycles. The summed E-state index contributed by atoms with van der Waals surface area (Å²) in [4.78, 5) is 0. The molecule has 2 N–H and O–H groups in total. The Kier molecular flexibility index (Phi) is 3.59. The van der Waals surface area contributed by atoms with Crippen molar-refractivity contribution in [2.75, 3.05) is 5.73 Å². The van der Waals surface area contributed by atoms with Gasteiger partial charge in [0.05, 0.1) is 16.8 Å². The van der Waals surface area contributed by atoms with Gasteiger partial charge in [-0.2, -0.15) is 0 Å². The van der Waals surface area contributed by atoms with Crippen LogP contribution in [0.2, 0.25) is 5.02 Å². The van der Waals surface area contributed by atoms with Crippen LogP contribution >= 0.6 is 11.6 Å². The molecule has 0 saturated heterocycles. The number of hydrogen-bond acceptors (Lipinski definition) is 2. The maximum Gasteiger partial charge on any atom is 0.161 e. The van der Waals surface area contributed by atoms with Crippen molar-refractivity contribution in [3.8, 4) is 5.75 Å². The van der Waals surface area contributed by atoms with Crippen LogP contribution in [0.5, 0.6) is 5.75 Å². The Labute approximate surface area is 102 Å². The molecule has 2 rings (SSSR count). The standard InChI is InChI=1S/C13H18ClNO/c1-9-5-7-10(8-6-9)16-13-11(14)3-2-4-12(13)15/h2-4,9-10H,5-8,15H2,1H3. The molecule has 3 heteroatoms. The van der Waals surface area contributed by atoms with E-state index in [4.69, 9.17) is 22.1 Å². The van der Waals surface area contributed by atoms with Crippen LogP contribution < -0.4 is 10.5 Å². The van der Waals surface area contributed by atoms with Crippen molar-refractivity contribution in [1.82, 2.24) is 0 Å². The second-order valence-electron chi connectivity index (χ2n) is 4.66. The minimum atomic E-state index is 0.276. The van der Waals surface area contributed by atoms with Crippen LogP contribution in [-0.4, -0.2) is 6.10 Å². The fraction of sp³-hybridized carbons (Fsp3) is 0.538. The van der Waals surface area contributed by atoms with Gasteiger partial charge in [0, 0.05) is 0 Å². The predicted molar refractivity (Wildman–Crippen MR) is 67.9 cm³/mol. The van der Waals surface area contributed by atoms with Gasteiger partial charge in [-0.15, -0.1) is 0 Å². The van der Waals surface area contributed by atoms with Crippen molar-refractivity contribution >= 4 is 17.3 Å². The summed E-state index contributed by atoms with van der Waals surface area (Å²) in [6.07, 6.45) is 4.94. The molecule has 2 nitrogen and oxygen atoms in total. The topological polar surface area (TPSA) is 35.2 Å². The fourth-order valence-corrected chi connectivity index (χ4v) is 2.39. The molecule has 1 aliphatic rings. The number of halogens is 1. The predicted octanol–water partition coefficient (Wildman–Crippen LogP) is 3.88. The summed E-state index contributed by atoms with van der Waals surface area (Å²) in [7, 11) is 0. The second kappa shape index (κ2) is 4.96. The van der Waals surface area contributed by atoms with Gasteiger partial charge in [-0.25, -0.2) is 0 Å². The molecule has 88 valence electrons. The average Bonchev–Trinajstić information content (AvgIpc) is 2.26. The van der Waals surface area contributed by atoms with E-state index >= 15 is 0 Å². The molecule has 0 spiro atoms. The van der Waals surface area contributed by atoms with Crippen molar-refractivity contribution in [2.45, 2.75) is 38.7 Å². The first-order valence-electron chi connectivity index (χ1n) is 5.87. The minimum absolute atomic E-state index is 0.276. The first-order chi connectivity index (χ1) is 7.66. The second-order valence-corrected chi connectivity index (χ2v) is 5.07. The highest BCUT2D eigenvalue weighted by molar-refractivity contribution is 6.32. The monoisotopic (exact) mass is 239 g/mol. The SMILES string of the molecule is CC1CCC(Oc2c(N)cccc2Cl)CC1. The van der Waals surface area contributed by atoms with Crippen LogP contribution in [-0.2, 0) is 0 Å². The molecule has 0 aliphatic heterocycles. The first kappa shape index (κ1) is 11.6. The molecule has 0 amide bonds. The van der Waals surface area contributed by atoms with E-state index in [0.29, 0.717) is 16.5 Å². The Morgan fingerprint density at radius 2 is 1.94 bits per heavy atom. The van der Waals surface area contributed by atoms with Gasteiger partial charge in [0.25, 0.3) is 0 Å². The maximum absolute atomic E-state index is 6.07. The average molecular weight is 240 g/mol. The highest BCUT2D eigenvalue weighted by Gasteiger charge is 2.21. The summed E-state index contributed by atoms with van der Waals surface area (Å²) < 4.78 is 5.91. The van der Waals surface area contributed by atoms with E-state index in [9.17, 15) is 0 Å². The summed E-state index contributed by atoms with van der Waals surface area (Å²) in [5.74, 6) is 1.48. The van der Waals surface area contributed by atoms with Crippen LogP contribution in [0.4, 0.5) is 5.69 Å². The van der Waals surface area contributed by atoms with Gasteiger partial charge in [-0.3, -0.25) is 0 Å². The molecule has 0 heterocycles. The van der Waals surface area contributed by atoms with Crippen molar-refractivity contribution in [1.29, 1.82) is 0 Å². The summed E-state index contributed by atoms with van der Waals surface area (Å²) in [6.45, 7) is 2.29. The van der Waals surface area contributed by atoms with E-state index < -0.39 is 0 Å². The van der Waals surface area contributed by atoms with Crippen molar-refractivity contribution in [2.24, 2.45) is 5.92 Å². The molecule has 0 bridgehead atoms. The fourth-order valence-electron chi connectivity index (χ4n) is 2.16. The number of hydrogen-bond donors (Lipinski definition) is 1. The highest BCUT2D eigenvalue weighted by Crippen LogP contribution is 2.34. The molecule has 1 saturated carbocycles. The summed E-state index contributed by atoms with van der Waals surface area (Å²) in [5.41, 5.74) is 6.49. The molecule has 0 aromatic heterocycles. The molecule has 1 fully saturated rings. The first-order valence-corrected chi connectivity index (χ1v) is 6.25. The lowest BCUT2D eigenvalue weighted by Gasteiger charge is -2.27. The van der Waals surface area contributed by atoms with Gasteiger partial charge in [0.15, 0.2) is 5.75 Å². The number of rotatable bonds is 2. The maximum atomic E-state index is 6.07. The van der Waals surface area contributed by atoms with Gasteiger partial charge in [-0.1, -0.05) is 24.6 Å². The van der Waals surface area contributed by atoms with E-state index in [1.807, 2.05) is 18.2 Å². The molecule has 1 aromatic rings. The zero-order valence-corrected chi connectivity index (χ0v) is 10.3. The Hall–Kier alpha value is -0.890. The lowest BCUT2D eigenvalue weighted by atomic mass is 9.89. The summed E-state index contributed by atoms with van der Waals surface area (Å²) >= 11 is 6.07. The van der Waals surface area contributed by atoms with Crippen LogP contribution in [0, 0.1) is 5.92 Å². The normalized spacial score (nSPS) is 25.4. The Balaban J connectivity index is 2.04. The van der Waals surface area contributed by atoms with Crippen molar-refractivity contribution in [3.05, 3.63) is 23.2 Å². The van der Waals surface area contributed by atoms with Gasteiger partial charge in [0.2, 0.25) is 0 Å². The molecule has 0 unspecified atom stereocenters.